The Kier molecular flexibility index (Phi) is 3.60. The van der Waals surface area contributed by atoms with Crippen molar-refractivity contribution in [2.45, 2.75) is 13.1 Å². The molecule has 1 aromatic carbocycles. The Hall–Kier alpha value is -1.78. The SMILES string of the molecule is C=C(C)c1cc(C(=O)OC)ccc1C(F)(F)F. The van der Waals surface area contributed by atoms with Crippen LogP contribution in [0.5, 0.6) is 0 Å². The molecule has 0 aliphatic carbocycles. The smallest absolute Gasteiger partial charge is 0.416 e. The van der Waals surface area contributed by atoms with Gasteiger partial charge in [-0.1, -0.05) is 12.2 Å². The van der Waals surface area contributed by atoms with Crippen LogP contribution >= 0.6 is 0 Å². The van der Waals surface area contributed by atoms with Crippen molar-refractivity contribution in [2.75, 3.05) is 7.11 Å². The van der Waals surface area contributed by atoms with Gasteiger partial charge in [0.15, 0.2) is 0 Å². The van der Waals surface area contributed by atoms with Crippen LogP contribution in [0.1, 0.15) is 28.4 Å². The zero-order valence-electron chi connectivity index (χ0n) is 9.39. The van der Waals surface area contributed by atoms with Crippen molar-refractivity contribution in [3.05, 3.63) is 41.5 Å². The third kappa shape index (κ3) is 2.87. The van der Waals surface area contributed by atoms with Gasteiger partial charge in [0.1, 0.15) is 0 Å². The first kappa shape index (κ1) is 13.3. The first-order chi connectivity index (χ1) is 7.77. The fourth-order valence-electron chi connectivity index (χ4n) is 1.39. The summed E-state index contributed by atoms with van der Waals surface area (Å²) in [4.78, 5) is 11.2. The normalized spacial score (nSPS) is 11.1. The van der Waals surface area contributed by atoms with Crippen molar-refractivity contribution in [1.29, 1.82) is 0 Å². The van der Waals surface area contributed by atoms with Crippen molar-refractivity contribution < 1.29 is 22.7 Å². The third-order valence-electron chi connectivity index (χ3n) is 2.21. The average Bonchev–Trinajstić information content (AvgIpc) is 2.25. The maximum absolute atomic E-state index is 12.7. The molecule has 0 atom stereocenters. The van der Waals surface area contributed by atoms with E-state index in [4.69, 9.17) is 0 Å². The lowest BCUT2D eigenvalue weighted by Gasteiger charge is -2.13. The van der Waals surface area contributed by atoms with Crippen LogP contribution < -0.4 is 0 Å². The molecule has 0 spiro atoms. The summed E-state index contributed by atoms with van der Waals surface area (Å²) in [5.41, 5.74) is -0.598. The average molecular weight is 244 g/mol. The quantitative estimate of drug-likeness (QED) is 0.744. The Morgan fingerprint density at radius 2 is 1.94 bits per heavy atom. The minimum Gasteiger partial charge on any atom is -0.465 e. The number of carbonyl (C=O) groups excluding carboxylic acids is 1. The number of carbonyl (C=O) groups is 1. The zero-order chi connectivity index (χ0) is 13.2. The van der Waals surface area contributed by atoms with Gasteiger partial charge in [-0.15, -0.1) is 0 Å². The Morgan fingerprint density at radius 1 is 1.35 bits per heavy atom. The monoisotopic (exact) mass is 244 g/mol. The molecule has 0 fully saturated rings. The molecule has 0 saturated heterocycles. The van der Waals surface area contributed by atoms with Crippen molar-refractivity contribution in [2.24, 2.45) is 0 Å². The molecular weight excluding hydrogens is 233 g/mol. The molecule has 17 heavy (non-hydrogen) atoms. The number of ether oxygens (including phenoxy) is 1. The van der Waals surface area contributed by atoms with E-state index in [1.54, 1.807) is 0 Å². The number of hydrogen-bond donors (Lipinski definition) is 0. The first-order valence-electron chi connectivity index (χ1n) is 4.73. The maximum Gasteiger partial charge on any atom is 0.416 e. The summed E-state index contributed by atoms with van der Waals surface area (Å²) in [5.74, 6) is -0.679. The van der Waals surface area contributed by atoms with E-state index in [0.717, 1.165) is 18.2 Å². The topological polar surface area (TPSA) is 26.3 Å². The molecule has 0 bridgehead atoms. The van der Waals surface area contributed by atoms with Gasteiger partial charge in [0.2, 0.25) is 0 Å². The van der Waals surface area contributed by atoms with Crippen LogP contribution in [0.4, 0.5) is 13.2 Å². The van der Waals surface area contributed by atoms with Crippen LogP contribution in [-0.4, -0.2) is 13.1 Å². The Labute approximate surface area is 96.7 Å². The lowest BCUT2D eigenvalue weighted by atomic mass is 9.98. The maximum atomic E-state index is 12.7. The number of benzene rings is 1. The van der Waals surface area contributed by atoms with E-state index in [2.05, 4.69) is 11.3 Å². The highest BCUT2D eigenvalue weighted by molar-refractivity contribution is 5.90. The summed E-state index contributed by atoms with van der Waals surface area (Å²) < 4.78 is 42.4. The van der Waals surface area contributed by atoms with Gasteiger partial charge in [-0.25, -0.2) is 4.79 Å². The number of alkyl halides is 3. The third-order valence-corrected chi connectivity index (χ3v) is 2.21. The predicted octanol–water partition coefficient (Wildman–Crippen LogP) is 3.53. The van der Waals surface area contributed by atoms with Crippen molar-refractivity contribution in [3.8, 4) is 0 Å². The van der Waals surface area contributed by atoms with Crippen LogP contribution in [0.25, 0.3) is 5.57 Å². The molecule has 0 aromatic heterocycles. The van der Waals surface area contributed by atoms with Crippen molar-refractivity contribution in [3.63, 3.8) is 0 Å². The molecule has 0 aliphatic heterocycles. The Bertz CT molecular complexity index is 461. The van der Waals surface area contributed by atoms with E-state index >= 15 is 0 Å². The summed E-state index contributed by atoms with van der Waals surface area (Å²) >= 11 is 0. The minimum absolute atomic E-state index is 0.0681. The van der Waals surface area contributed by atoms with Gasteiger partial charge < -0.3 is 4.74 Å². The molecule has 0 N–H and O–H groups in total. The summed E-state index contributed by atoms with van der Waals surface area (Å²) in [6.45, 7) is 4.92. The number of hydrogen-bond acceptors (Lipinski definition) is 2. The van der Waals surface area contributed by atoms with Crippen LogP contribution in [0.2, 0.25) is 0 Å². The van der Waals surface area contributed by atoms with Crippen LogP contribution in [0.15, 0.2) is 24.8 Å². The molecular formula is C12H11F3O2. The molecule has 2 nitrogen and oxygen atoms in total. The van der Waals surface area contributed by atoms with E-state index in [1.165, 1.54) is 14.0 Å². The molecule has 92 valence electrons. The summed E-state index contributed by atoms with van der Waals surface area (Å²) in [6.07, 6.45) is -4.47. The van der Waals surface area contributed by atoms with Crippen molar-refractivity contribution in [1.82, 2.24) is 0 Å². The second-order valence-corrected chi connectivity index (χ2v) is 3.53. The molecule has 1 aromatic rings. The van der Waals surface area contributed by atoms with E-state index in [9.17, 15) is 18.0 Å². The molecule has 0 radical (unpaired) electrons. The largest absolute Gasteiger partial charge is 0.465 e. The molecule has 0 amide bonds. The van der Waals surface area contributed by atoms with E-state index in [-0.39, 0.29) is 16.7 Å². The lowest BCUT2D eigenvalue weighted by molar-refractivity contribution is -0.137. The summed E-state index contributed by atoms with van der Waals surface area (Å²) in [6, 6.07) is 3.08. The highest BCUT2D eigenvalue weighted by atomic mass is 19.4. The fourth-order valence-corrected chi connectivity index (χ4v) is 1.39. The first-order valence-corrected chi connectivity index (χ1v) is 4.73. The van der Waals surface area contributed by atoms with Gasteiger partial charge in [-0.2, -0.15) is 13.2 Å². The van der Waals surface area contributed by atoms with E-state index in [1.807, 2.05) is 0 Å². The highest BCUT2D eigenvalue weighted by Crippen LogP contribution is 2.35. The zero-order valence-corrected chi connectivity index (χ0v) is 9.39. The van der Waals surface area contributed by atoms with E-state index in [0.29, 0.717) is 0 Å². The Balaban J connectivity index is 3.37. The van der Waals surface area contributed by atoms with Gasteiger partial charge >= 0.3 is 12.1 Å². The second kappa shape index (κ2) is 4.61. The number of rotatable bonds is 2. The molecule has 5 heteroatoms. The highest BCUT2D eigenvalue weighted by Gasteiger charge is 2.33. The van der Waals surface area contributed by atoms with Gasteiger partial charge in [-0.05, 0) is 30.7 Å². The summed E-state index contributed by atoms with van der Waals surface area (Å²) in [7, 11) is 1.17. The molecule has 0 unspecified atom stereocenters. The van der Waals surface area contributed by atoms with E-state index < -0.39 is 17.7 Å². The van der Waals surface area contributed by atoms with Gasteiger partial charge in [0, 0.05) is 0 Å². The van der Waals surface area contributed by atoms with Crippen molar-refractivity contribution >= 4 is 11.5 Å². The molecule has 0 aliphatic rings. The number of methoxy groups -OCH3 is 1. The predicted molar refractivity (Wildman–Crippen MR) is 57.5 cm³/mol. The van der Waals surface area contributed by atoms with Crippen LogP contribution in [0.3, 0.4) is 0 Å². The van der Waals surface area contributed by atoms with Crippen LogP contribution in [0, 0.1) is 0 Å². The molecule has 0 heterocycles. The number of allylic oxidation sites excluding steroid dienone is 1. The van der Waals surface area contributed by atoms with Crippen LogP contribution in [-0.2, 0) is 10.9 Å². The second-order valence-electron chi connectivity index (χ2n) is 3.53. The Morgan fingerprint density at radius 3 is 2.35 bits per heavy atom. The molecule has 1 rings (SSSR count). The van der Waals surface area contributed by atoms with Gasteiger partial charge in [0.25, 0.3) is 0 Å². The number of esters is 1. The number of halogens is 3. The van der Waals surface area contributed by atoms with Gasteiger partial charge in [0.05, 0.1) is 18.2 Å². The fraction of sp³-hybridized carbons (Fsp3) is 0.250. The van der Waals surface area contributed by atoms with Gasteiger partial charge in [-0.3, -0.25) is 0 Å². The molecule has 0 saturated carbocycles. The minimum atomic E-state index is -4.47. The lowest BCUT2D eigenvalue weighted by Crippen LogP contribution is -2.10. The standard InChI is InChI=1S/C12H11F3O2/c1-7(2)9-6-8(11(16)17-3)4-5-10(9)12(13,14)15/h4-6H,1H2,2-3H3. The summed E-state index contributed by atoms with van der Waals surface area (Å²) in [5, 5.41) is 0.